The Bertz CT molecular complexity index is 818. The van der Waals surface area contributed by atoms with Crippen molar-refractivity contribution in [2.75, 3.05) is 4.90 Å². The van der Waals surface area contributed by atoms with Gasteiger partial charge in [0.05, 0.1) is 12.8 Å². The fourth-order valence-electron chi connectivity index (χ4n) is 2.91. The van der Waals surface area contributed by atoms with Crippen LogP contribution in [0, 0.1) is 6.92 Å². The van der Waals surface area contributed by atoms with Crippen molar-refractivity contribution in [1.29, 1.82) is 0 Å². The highest BCUT2D eigenvalue weighted by Gasteiger charge is 2.34. The van der Waals surface area contributed by atoms with Crippen LogP contribution in [0.3, 0.4) is 0 Å². The molecule has 0 radical (unpaired) electrons. The Hall–Kier alpha value is -2.82. The first-order valence-corrected chi connectivity index (χ1v) is 8.19. The Morgan fingerprint density at radius 2 is 1.96 bits per heavy atom. The van der Waals surface area contributed by atoms with Crippen molar-refractivity contribution in [3.8, 4) is 0 Å². The van der Waals surface area contributed by atoms with Crippen LogP contribution in [-0.4, -0.2) is 17.3 Å². The molecule has 1 aromatic heterocycles. The van der Waals surface area contributed by atoms with Crippen LogP contribution in [-0.2, 0) is 20.9 Å². The molecule has 5 nitrogen and oxygen atoms in total. The number of carbonyl (C=O) groups is 2. The van der Waals surface area contributed by atoms with Gasteiger partial charge in [0.25, 0.3) is 5.91 Å². The highest BCUT2D eigenvalue weighted by Crippen LogP contribution is 2.29. The maximum Gasteiger partial charge on any atom is 0.293 e. The summed E-state index contributed by atoms with van der Waals surface area (Å²) in [6.45, 7) is 5.79. The Kier molecular flexibility index (Phi) is 4.49. The molecule has 130 valence electrons. The fraction of sp³-hybridized carbons (Fsp3) is 0.300. The van der Waals surface area contributed by atoms with Crippen molar-refractivity contribution < 1.29 is 18.7 Å². The molecule has 0 N–H and O–H groups in total. The van der Waals surface area contributed by atoms with Crippen LogP contribution in [0.15, 0.2) is 58.9 Å². The van der Waals surface area contributed by atoms with E-state index in [4.69, 9.17) is 9.15 Å². The van der Waals surface area contributed by atoms with E-state index in [2.05, 4.69) is 0 Å². The number of amides is 1. The van der Waals surface area contributed by atoms with Gasteiger partial charge in [-0.15, -0.1) is 0 Å². The summed E-state index contributed by atoms with van der Waals surface area (Å²) in [4.78, 5) is 26.7. The van der Waals surface area contributed by atoms with E-state index in [0.29, 0.717) is 5.76 Å². The summed E-state index contributed by atoms with van der Waals surface area (Å²) in [5, 5.41) is 0. The third-order valence-electron chi connectivity index (χ3n) is 4.03. The minimum atomic E-state index is -0.696. The summed E-state index contributed by atoms with van der Waals surface area (Å²) in [6.07, 6.45) is 3.12. The quantitative estimate of drug-likeness (QED) is 0.851. The lowest BCUT2D eigenvalue weighted by molar-refractivity contribution is -0.129. The summed E-state index contributed by atoms with van der Waals surface area (Å²) in [5.41, 5.74) is 1.01. The topological polar surface area (TPSA) is 59.8 Å². The first kappa shape index (κ1) is 17.0. The largest absolute Gasteiger partial charge is 0.481 e. The van der Waals surface area contributed by atoms with E-state index in [1.165, 1.54) is 6.08 Å². The predicted octanol–water partition coefficient (Wildman–Crippen LogP) is 3.77. The average molecular weight is 339 g/mol. The number of benzene rings is 1. The zero-order chi connectivity index (χ0) is 18.0. The molecule has 0 saturated carbocycles. The predicted molar refractivity (Wildman–Crippen MR) is 93.9 cm³/mol. The first-order chi connectivity index (χ1) is 11.9. The van der Waals surface area contributed by atoms with Gasteiger partial charge in [-0.25, -0.2) is 0 Å². The number of hydrogen-bond acceptors (Lipinski definition) is 4. The van der Waals surface area contributed by atoms with Gasteiger partial charge in [-0.05, 0) is 44.5 Å². The average Bonchev–Trinajstić information content (AvgIpc) is 3.04. The zero-order valence-corrected chi connectivity index (χ0v) is 14.6. The number of para-hydroxylation sites is 1. The lowest BCUT2D eigenvalue weighted by Gasteiger charge is -2.32. The van der Waals surface area contributed by atoms with Crippen LogP contribution in [0.4, 0.5) is 5.69 Å². The van der Waals surface area contributed by atoms with E-state index in [1.807, 2.05) is 37.3 Å². The van der Waals surface area contributed by atoms with E-state index in [9.17, 15) is 9.59 Å². The SMILES string of the molecule is Cc1ccccc1N(Cc1ccco1)C(=O)C1=CC(=O)CC(C)(C)O1. The molecule has 0 aliphatic carbocycles. The normalized spacial score (nSPS) is 16.1. The molecule has 0 saturated heterocycles. The molecule has 1 aromatic carbocycles. The molecule has 3 rings (SSSR count). The molecular weight excluding hydrogens is 318 g/mol. The second-order valence-electron chi connectivity index (χ2n) is 6.77. The number of carbonyl (C=O) groups excluding carboxylic acids is 2. The van der Waals surface area contributed by atoms with Gasteiger partial charge in [0.2, 0.25) is 0 Å². The van der Waals surface area contributed by atoms with E-state index in [0.717, 1.165) is 11.3 Å². The van der Waals surface area contributed by atoms with E-state index in [-0.39, 0.29) is 30.4 Å². The molecule has 1 aliphatic rings. The number of ketones is 1. The van der Waals surface area contributed by atoms with E-state index >= 15 is 0 Å². The van der Waals surface area contributed by atoms with Crippen LogP contribution in [0.1, 0.15) is 31.6 Å². The molecule has 0 unspecified atom stereocenters. The number of anilines is 1. The Labute approximate surface area is 146 Å². The standard InChI is InChI=1S/C20H21NO4/c1-14-7-4-5-9-17(14)21(13-16-8-6-10-24-16)19(23)18-11-15(22)12-20(2,3)25-18/h4-11H,12-13H2,1-3H3. The number of ether oxygens (including phenoxy) is 1. The van der Waals surface area contributed by atoms with Crippen molar-refractivity contribution >= 4 is 17.4 Å². The number of allylic oxidation sites excluding steroid dienone is 1. The molecule has 1 aliphatic heterocycles. The smallest absolute Gasteiger partial charge is 0.293 e. The monoisotopic (exact) mass is 339 g/mol. The summed E-state index contributed by atoms with van der Waals surface area (Å²) in [6, 6.07) is 11.2. The highest BCUT2D eigenvalue weighted by molar-refractivity contribution is 6.09. The molecule has 0 bridgehead atoms. The minimum Gasteiger partial charge on any atom is -0.481 e. The van der Waals surface area contributed by atoms with Gasteiger partial charge in [-0.2, -0.15) is 0 Å². The molecular formula is C20H21NO4. The second kappa shape index (κ2) is 6.59. The summed E-state index contributed by atoms with van der Waals surface area (Å²) < 4.78 is 11.2. The van der Waals surface area contributed by atoms with Crippen LogP contribution in [0.25, 0.3) is 0 Å². The molecule has 2 heterocycles. The number of aryl methyl sites for hydroxylation is 1. The Balaban J connectivity index is 1.98. The van der Waals surface area contributed by atoms with Crippen LogP contribution in [0.5, 0.6) is 0 Å². The lowest BCUT2D eigenvalue weighted by atomic mass is 9.98. The van der Waals surface area contributed by atoms with Gasteiger partial charge >= 0.3 is 0 Å². The molecule has 1 amide bonds. The summed E-state index contributed by atoms with van der Waals surface area (Å²) >= 11 is 0. The second-order valence-corrected chi connectivity index (χ2v) is 6.77. The third-order valence-corrected chi connectivity index (χ3v) is 4.03. The highest BCUT2D eigenvalue weighted by atomic mass is 16.5. The van der Waals surface area contributed by atoms with Gasteiger partial charge in [0, 0.05) is 18.2 Å². The maximum absolute atomic E-state index is 13.1. The van der Waals surface area contributed by atoms with E-state index in [1.54, 1.807) is 31.1 Å². The van der Waals surface area contributed by atoms with Gasteiger partial charge in [0.15, 0.2) is 11.5 Å². The molecule has 25 heavy (non-hydrogen) atoms. The van der Waals surface area contributed by atoms with E-state index < -0.39 is 5.60 Å². The van der Waals surface area contributed by atoms with Crippen molar-refractivity contribution in [1.82, 2.24) is 0 Å². The molecule has 5 heteroatoms. The van der Waals surface area contributed by atoms with Crippen LogP contribution >= 0.6 is 0 Å². The number of furan rings is 1. The van der Waals surface area contributed by atoms with Gasteiger partial charge in [-0.3, -0.25) is 14.5 Å². The van der Waals surface area contributed by atoms with Gasteiger partial charge in [-0.1, -0.05) is 18.2 Å². The Morgan fingerprint density at radius 1 is 1.20 bits per heavy atom. The van der Waals surface area contributed by atoms with Crippen molar-refractivity contribution in [3.05, 3.63) is 65.8 Å². The van der Waals surface area contributed by atoms with Crippen molar-refractivity contribution in [2.24, 2.45) is 0 Å². The van der Waals surface area contributed by atoms with Gasteiger partial charge in [0.1, 0.15) is 11.4 Å². The minimum absolute atomic E-state index is 0.0658. The molecule has 0 spiro atoms. The Morgan fingerprint density at radius 3 is 2.60 bits per heavy atom. The van der Waals surface area contributed by atoms with Gasteiger partial charge < -0.3 is 9.15 Å². The summed E-state index contributed by atoms with van der Waals surface area (Å²) in [7, 11) is 0. The van der Waals surface area contributed by atoms with Crippen molar-refractivity contribution in [3.63, 3.8) is 0 Å². The number of hydrogen-bond donors (Lipinski definition) is 0. The lowest BCUT2D eigenvalue weighted by Crippen LogP contribution is -2.39. The molecule has 0 fully saturated rings. The fourth-order valence-corrected chi connectivity index (χ4v) is 2.91. The zero-order valence-electron chi connectivity index (χ0n) is 14.6. The molecule has 0 atom stereocenters. The third kappa shape index (κ3) is 3.82. The van der Waals surface area contributed by atoms with Crippen molar-refractivity contribution in [2.45, 2.75) is 39.3 Å². The van der Waals surface area contributed by atoms with Crippen LogP contribution in [0.2, 0.25) is 0 Å². The summed E-state index contributed by atoms with van der Waals surface area (Å²) in [5.74, 6) is 0.254. The number of rotatable bonds is 4. The first-order valence-electron chi connectivity index (χ1n) is 8.19. The number of nitrogens with zero attached hydrogens (tertiary/aromatic N) is 1. The van der Waals surface area contributed by atoms with Crippen LogP contribution < -0.4 is 4.90 Å². The maximum atomic E-state index is 13.1. The molecule has 2 aromatic rings.